The van der Waals surface area contributed by atoms with Crippen LogP contribution in [0.5, 0.6) is 0 Å². The second-order valence-corrected chi connectivity index (χ2v) is 6.52. The zero-order chi connectivity index (χ0) is 17.2. The van der Waals surface area contributed by atoms with E-state index in [1.165, 1.54) is 0 Å². The van der Waals surface area contributed by atoms with Gasteiger partial charge in [0.05, 0.1) is 17.3 Å². The van der Waals surface area contributed by atoms with E-state index in [-0.39, 0.29) is 11.9 Å². The first-order valence-electron chi connectivity index (χ1n) is 8.59. The van der Waals surface area contributed by atoms with Gasteiger partial charge in [-0.05, 0) is 31.0 Å². The lowest BCUT2D eigenvalue weighted by Gasteiger charge is -2.34. The van der Waals surface area contributed by atoms with Crippen LogP contribution in [0.15, 0.2) is 48.8 Å². The Kier molecular flexibility index (Phi) is 4.09. The molecule has 3 heterocycles. The molecule has 1 saturated heterocycles. The van der Waals surface area contributed by atoms with Crippen molar-refractivity contribution in [1.82, 2.24) is 20.1 Å². The zero-order valence-electron chi connectivity index (χ0n) is 14.2. The highest BCUT2D eigenvalue weighted by atomic mass is 16.1. The van der Waals surface area contributed by atoms with E-state index >= 15 is 0 Å². The van der Waals surface area contributed by atoms with Crippen LogP contribution < -0.4 is 10.2 Å². The topological polar surface area (TPSA) is 63.1 Å². The number of piperidine rings is 1. The number of rotatable bonds is 3. The average molecular weight is 335 g/mol. The molecular formula is C19H21N5O. The second-order valence-electron chi connectivity index (χ2n) is 6.52. The highest BCUT2D eigenvalue weighted by Crippen LogP contribution is 2.21. The number of hydrogen-bond donors (Lipinski definition) is 1. The predicted octanol–water partition coefficient (Wildman–Crippen LogP) is 2.37. The molecule has 0 radical (unpaired) electrons. The Morgan fingerprint density at radius 1 is 1.24 bits per heavy atom. The summed E-state index contributed by atoms with van der Waals surface area (Å²) in [6.45, 7) is 1.74. The summed E-state index contributed by atoms with van der Waals surface area (Å²) in [5.41, 5.74) is 1.60. The number of pyridine rings is 1. The van der Waals surface area contributed by atoms with Crippen molar-refractivity contribution in [2.75, 3.05) is 18.0 Å². The van der Waals surface area contributed by atoms with Gasteiger partial charge in [-0.2, -0.15) is 5.10 Å². The second kappa shape index (κ2) is 6.55. The molecule has 1 amide bonds. The molecule has 128 valence electrons. The molecule has 1 atom stereocenters. The summed E-state index contributed by atoms with van der Waals surface area (Å²) in [5.74, 6) is 0.908. The minimum atomic E-state index is -0.0635. The summed E-state index contributed by atoms with van der Waals surface area (Å²) in [4.78, 5) is 19.4. The van der Waals surface area contributed by atoms with Gasteiger partial charge in [-0.1, -0.05) is 18.2 Å². The number of hydrogen-bond acceptors (Lipinski definition) is 4. The fraction of sp³-hybridized carbons (Fsp3) is 0.316. The molecule has 1 aromatic carbocycles. The van der Waals surface area contributed by atoms with Crippen molar-refractivity contribution in [1.29, 1.82) is 0 Å². The van der Waals surface area contributed by atoms with Crippen LogP contribution in [0.1, 0.15) is 23.2 Å². The van der Waals surface area contributed by atoms with E-state index in [1.807, 2.05) is 25.2 Å². The molecule has 0 saturated carbocycles. The number of benzene rings is 1. The molecule has 0 spiro atoms. The van der Waals surface area contributed by atoms with Crippen LogP contribution in [0.2, 0.25) is 0 Å². The monoisotopic (exact) mass is 335 g/mol. The third-order valence-electron chi connectivity index (χ3n) is 4.63. The minimum absolute atomic E-state index is 0.0635. The largest absolute Gasteiger partial charge is 0.355 e. The number of aromatic nitrogens is 3. The van der Waals surface area contributed by atoms with E-state index in [9.17, 15) is 4.79 Å². The number of para-hydroxylation sites is 1. The quantitative estimate of drug-likeness (QED) is 0.798. The molecule has 0 aliphatic carbocycles. The molecule has 2 aromatic heterocycles. The van der Waals surface area contributed by atoms with Gasteiger partial charge in [0.2, 0.25) is 0 Å². The summed E-state index contributed by atoms with van der Waals surface area (Å²) in [6, 6.07) is 12.4. The van der Waals surface area contributed by atoms with E-state index < -0.39 is 0 Å². The number of anilines is 1. The Labute approximate surface area is 146 Å². The molecule has 25 heavy (non-hydrogen) atoms. The Morgan fingerprint density at radius 3 is 2.96 bits per heavy atom. The highest BCUT2D eigenvalue weighted by molar-refractivity contribution is 5.93. The summed E-state index contributed by atoms with van der Waals surface area (Å²) in [7, 11) is 1.81. The predicted molar refractivity (Wildman–Crippen MR) is 97.7 cm³/mol. The maximum absolute atomic E-state index is 12.3. The SMILES string of the molecule is Cn1cc(C(=O)NC2CCCN(c3ccc4ccccc4n3)C2)cn1. The van der Waals surface area contributed by atoms with E-state index in [2.05, 4.69) is 33.5 Å². The Bertz CT molecular complexity index is 903. The van der Waals surface area contributed by atoms with Gasteiger partial charge >= 0.3 is 0 Å². The summed E-state index contributed by atoms with van der Waals surface area (Å²) in [5, 5.41) is 8.32. The molecule has 0 bridgehead atoms. The van der Waals surface area contributed by atoms with Crippen LogP contribution in [-0.2, 0) is 7.05 Å². The van der Waals surface area contributed by atoms with Crippen LogP contribution in [-0.4, -0.2) is 39.8 Å². The Morgan fingerprint density at radius 2 is 2.12 bits per heavy atom. The average Bonchev–Trinajstić information content (AvgIpc) is 3.08. The van der Waals surface area contributed by atoms with Crippen molar-refractivity contribution < 1.29 is 4.79 Å². The van der Waals surface area contributed by atoms with Crippen molar-refractivity contribution in [3.05, 3.63) is 54.4 Å². The molecule has 6 nitrogen and oxygen atoms in total. The first kappa shape index (κ1) is 15.6. The molecule has 1 unspecified atom stereocenters. The van der Waals surface area contributed by atoms with Crippen LogP contribution >= 0.6 is 0 Å². The van der Waals surface area contributed by atoms with Gasteiger partial charge < -0.3 is 10.2 Å². The smallest absolute Gasteiger partial charge is 0.254 e. The molecular weight excluding hydrogens is 314 g/mol. The number of nitrogens with zero attached hydrogens (tertiary/aromatic N) is 4. The van der Waals surface area contributed by atoms with Crippen LogP contribution in [0, 0.1) is 0 Å². The minimum Gasteiger partial charge on any atom is -0.355 e. The number of carbonyl (C=O) groups is 1. The van der Waals surface area contributed by atoms with E-state index in [1.54, 1.807) is 17.1 Å². The maximum atomic E-state index is 12.3. The van der Waals surface area contributed by atoms with E-state index in [4.69, 9.17) is 4.98 Å². The van der Waals surface area contributed by atoms with Gasteiger partial charge in [0, 0.05) is 37.8 Å². The third-order valence-corrected chi connectivity index (χ3v) is 4.63. The normalized spacial score (nSPS) is 17.6. The standard InChI is InChI=1S/C19H21N5O/c1-23-12-15(11-20-23)19(25)21-16-6-4-10-24(13-16)18-9-8-14-5-2-3-7-17(14)22-18/h2-3,5,7-9,11-12,16H,4,6,10,13H2,1H3,(H,21,25). The Balaban J connectivity index is 1.47. The van der Waals surface area contributed by atoms with E-state index in [0.717, 1.165) is 42.7 Å². The van der Waals surface area contributed by atoms with Crippen molar-refractivity contribution >= 4 is 22.6 Å². The fourth-order valence-electron chi connectivity index (χ4n) is 3.34. The van der Waals surface area contributed by atoms with Crippen LogP contribution in [0.3, 0.4) is 0 Å². The zero-order valence-corrected chi connectivity index (χ0v) is 14.2. The van der Waals surface area contributed by atoms with Gasteiger partial charge in [0.1, 0.15) is 5.82 Å². The molecule has 1 aliphatic rings. The number of nitrogens with one attached hydrogen (secondary N) is 1. The number of amides is 1. The first-order valence-corrected chi connectivity index (χ1v) is 8.59. The highest BCUT2D eigenvalue weighted by Gasteiger charge is 2.23. The molecule has 4 rings (SSSR count). The van der Waals surface area contributed by atoms with Gasteiger partial charge in [-0.3, -0.25) is 9.48 Å². The van der Waals surface area contributed by atoms with Gasteiger partial charge in [-0.15, -0.1) is 0 Å². The third kappa shape index (κ3) is 3.33. The number of fused-ring (bicyclic) bond motifs is 1. The van der Waals surface area contributed by atoms with Gasteiger partial charge in [0.25, 0.3) is 5.91 Å². The fourth-order valence-corrected chi connectivity index (χ4v) is 3.34. The summed E-state index contributed by atoms with van der Waals surface area (Å²) < 4.78 is 1.64. The molecule has 3 aromatic rings. The van der Waals surface area contributed by atoms with Crippen molar-refractivity contribution in [2.45, 2.75) is 18.9 Å². The lowest BCUT2D eigenvalue weighted by Crippen LogP contribution is -2.48. The van der Waals surface area contributed by atoms with Crippen LogP contribution in [0.25, 0.3) is 10.9 Å². The van der Waals surface area contributed by atoms with Crippen molar-refractivity contribution in [3.63, 3.8) is 0 Å². The molecule has 1 fully saturated rings. The molecule has 1 N–H and O–H groups in total. The first-order chi connectivity index (χ1) is 12.2. The number of carbonyl (C=O) groups excluding carboxylic acids is 1. The maximum Gasteiger partial charge on any atom is 0.254 e. The lowest BCUT2D eigenvalue weighted by molar-refractivity contribution is 0.0933. The summed E-state index contributed by atoms with van der Waals surface area (Å²) >= 11 is 0. The number of aryl methyl sites for hydroxylation is 1. The van der Waals surface area contributed by atoms with Gasteiger partial charge in [-0.25, -0.2) is 4.98 Å². The van der Waals surface area contributed by atoms with E-state index in [0.29, 0.717) is 5.56 Å². The van der Waals surface area contributed by atoms with Crippen LogP contribution in [0.4, 0.5) is 5.82 Å². The summed E-state index contributed by atoms with van der Waals surface area (Å²) in [6.07, 6.45) is 5.35. The van der Waals surface area contributed by atoms with Gasteiger partial charge in [0.15, 0.2) is 0 Å². The Hall–Kier alpha value is -2.89. The lowest BCUT2D eigenvalue weighted by atomic mass is 10.1. The molecule has 6 heteroatoms. The molecule has 1 aliphatic heterocycles. The van der Waals surface area contributed by atoms with Crippen molar-refractivity contribution in [3.8, 4) is 0 Å². The van der Waals surface area contributed by atoms with Crippen molar-refractivity contribution in [2.24, 2.45) is 7.05 Å².